The molecule has 0 aliphatic heterocycles. The van der Waals surface area contributed by atoms with E-state index in [0.717, 1.165) is 11.8 Å². The third-order valence-corrected chi connectivity index (χ3v) is 4.52. The van der Waals surface area contributed by atoms with Gasteiger partial charge in [0.2, 0.25) is 0 Å². The number of sulfone groups is 1. The first-order valence-electron chi connectivity index (χ1n) is 5.30. The molecule has 0 saturated carbocycles. The van der Waals surface area contributed by atoms with Crippen LogP contribution in [0.25, 0.3) is 0 Å². The van der Waals surface area contributed by atoms with E-state index >= 15 is 0 Å². The van der Waals surface area contributed by atoms with E-state index in [0.29, 0.717) is 25.7 Å². The molecule has 0 aromatic heterocycles. The summed E-state index contributed by atoms with van der Waals surface area (Å²) in [6, 6.07) is 0. The van der Waals surface area contributed by atoms with E-state index < -0.39 is 9.84 Å². The number of alkyl halides is 1. The average Bonchev–Trinajstić information content (AvgIpc) is 2.14. The monoisotopic (exact) mass is 298 g/mol. The van der Waals surface area contributed by atoms with Gasteiger partial charge in [-0.3, -0.25) is 4.79 Å². The fourth-order valence-corrected chi connectivity index (χ4v) is 2.98. The Morgan fingerprint density at radius 3 is 2.27 bits per heavy atom. The van der Waals surface area contributed by atoms with Crippen molar-refractivity contribution in [2.45, 2.75) is 39.0 Å². The highest BCUT2D eigenvalue weighted by Crippen LogP contribution is 2.04. The van der Waals surface area contributed by atoms with Gasteiger partial charge in [0.15, 0.2) is 0 Å². The van der Waals surface area contributed by atoms with Crippen LogP contribution in [-0.2, 0) is 14.6 Å². The number of hydrogen-bond acceptors (Lipinski definition) is 3. The van der Waals surface area contributed by atoms with Crippen LogP contribution in [0.2, 0.25) is 0 Å². The molecule has 0 unspecified atom stereocenters. The minimum atomic E-state index is -2.91. The van der Waals surface area contributed by atoms with E-state index in [1.54, 1.807) is 0 Å². The van der Waals surface area contributed by atoms with Gasteiger partial charge in [0, 0.05) is 23.9 Å². The highest BCUT2D eigenvalue weighted by Gasteiger charge is 2.10. The zero-order valence-electron chi connectivity index (χ0n) is 9.17. The number of carbonyl (C=O) groups is 1. The molecule has 0 radical (unpaired) electrons. The van der Waals surface area contributed by atoms with Crippen LogP contribution in [0.1, 0.15) is 39.0 Å². The van der Waals surface area contributed by atoms with E-state index in [1.165, 1.54) is 0 Å². The predicted octanol–water partition coefficient (Wildman–Crippen LogP) is 2.34. The average molecular weight is 299 g/mol. The molecule has 0 aromatic rings. The third kappa shape index (κ3) is 9.05. The second kappa shape index (κ2) is 8.28. The van der Waals surface area contributed by atoms with Crippen LogP contribution >= 0.6 is 15.9 Å². The molecule has 15 heavy (non-hydrogen) atoms. The van der Waals surface area contributed by atoms with Crippen LogP contribution in [-0.4, -0.2) is 31.0 Å². The number of hydrogen-bond donors (Lipinski definition) is 0. The van der Waals surface area contributed by atoms with Gasteiger partial charge < -0.3 is 0 Å². The summed E-state index contributed by atoms with van der Waals surface area (Å²) in [5, 5.41) is 0.826. The van der Waals surface area contributed by atoms with Crippen molar-refractivity contribution < 1.29 is 13.2 Å². The molecule has 0 fully saturated rings. The summed E-state index contributed by atoms with van der Waals surface area (Å²) in [4.78, 5) is 11.2. The van der Waals surface area contributed by atoms with Crippen LogP contribution in [0.4, 0.5) is 0 Å². The molecule has 0 atom stereocenters. The quantitative estimate of drug-likeness (QED) is 0.614. The van der Waals surface area contributed by atoms with Gasteiger partial charge in [0.1, 0.15) is 15.6 Å². The van der Waals surface area contributed by atoms with Gasteiger partial charge in [0.05, 0.1) is 5.75 Å². The second-order valence-electron chi connectivity index (χ2n) is 3.59. The number of Topliss-reactive ketones (excluding diaryl/α,β-unsaturated/α-hetero) is 1. The zero-order valence-corrected chi connectivity index (χ0v) is 11.6. The molecule has 0 rings (SSSR count). The first kappa shape index (κ1) is 15.1. The van der Waals surface area contributed by atoms with Gasteiger partial charge in [-0.1, -0.05) is 22.9 Å². The Kier molecular flexibility index (Phi) is 8.33. The van der Waals surface area contributed by atoms with Gasteiger partial charge >= 0.3 is 0 Å². The largest absolute Gasteiger partial charge is 0.300 e. The normalized spacial score (nSPS) is 11.6. The van der Waals surface area contributed by atoms with Crippen molar-refractivity contribution in [2.75, 3.05) is 16.8 Å². The van der Waals surface area contributed by atoms with Crippen LogP contribution in [0, 0.1) is 0 Å². The highest BCUT2D eigenvalue weighted by molar-refractivity contribution is 9.09. The molecular formula is C10H19BrO3S. The molecule has 0 aromatic carbocycles. The Morgan fingerprint density at radius 1 is 1.13 bits per heavy atom. The molecule has 0 aliphatic rings. The Labute approximate surface area is 101 Å². The van der Waals surface area contributed by atoms with E-state index in [4.69, 9.17) is 0 Å². The molecule has 3 nitrogen and oxygen atoms in total. The molecule has 0 bridgehead atoms. The summed E-state index contributed by atoms with van der Waals surface area (Å²) >= 11 is 3.25. The molecule has 0 heterocycles. The van der Waals surface area contributed by atoms with Gasteiger partial charge in [-0.2, -0.15) is 0 Å². The number of carbonyl (C=O) groups excluding carboxylic acids is 1. The van der Waals surface area contributed by atoms with Gasteiger partial charge in [-0.05, 0) is 19.3 Å². The van der Waals surface area contributed by atoms with Crippen molar-refractivity contribution in [3.8, 4) is 0 Å². The summed E-state index contributed by atoms with van der Waals surface area (Å²) in [7, 11) is -2.91. The summed E-state index contributed by atoms with van der Waals surface area (Å²) in [5.74, 6) is 0.560. The van der Waals surface area contributed by atoms with E-state index in [1.807, 2.05) is 6.92 Å². The minimum Gasteiger partial charge on any atom is -0.300 e. The summed E-state index contributed by atoms with van der Waals surface area (Å²) < 4.78 is 22.6. The summed E-state index contributed by atoms with van der Waals surface area (Å²) in [5.41, 5.74) is 0. The Balaban J connectivity index is 3.65. The van der Waals surface area contributed by atoms with Crippen molar-refractivity contribution in [1.82, 2.24) is 0 Å². The van der Waals surface area contributed by atoms with Crippen LogP contribution in [0.3, 0.4) is 0 Å². The maximum atomic E-state index is 11.3. The Bertz CT molecular complexity index is 272. The van der Waals surface area contributed by atoms with Crippen molar-refractivity contribution in [2.24, 2.45) is 0 Å². The van der Waals surface area contributed by atoms with Gasteiger partial charge in [0.25, 0.3) is 0 Å². The predicted molar refractivity (Wildman–Crippen MR) is 66.2 cm³/mol. The molecule has 0 aliphatic carbocycles. The summed E-state index contributed by atoms with van der Waals surface area (Å²) in [6.45, 7) is 1.85. The summed E-state index contributed by atoms with van der Waals surface area (Å²) in [6.07, 6.45) is 2.92. The van der Waals surface area contributed by atoms with Gasteiger partial charge in [-0.15, -0.1) is 0 Å². The van der Waals surface area contributed by atoms with Gasteiger partial charge in [-0.25, -0.2) is 8.42 Å². The van der Waals surface area contributed by atoms with Crippen LogP contribution in [0.5, 0.6) is 0 Å². The standard InChI is InChI=1S/C10H19BrO3S/c1-2-8-15(13,14)9-4-6-10(12)5-3-7-11/h2-9H2,1H3. The lowest BCUT2D eigenvalue weighted by Gasteiger charge is -2.02. The van der Waals surface area contributed by atoms with E-state index in [9.17, 15) is 13.2 Å². The minimum absolute atomic E-state index is 0.154. The smallest absolute Gasteiger partial charge is 0.150 e. The molecule has 5 heteroatoms. The lowest BCUT2D eigenvalue weighted by molar-refractivity contribution is -0.119. The first-order chi connectivity index (χ1) is 7.02. The maximum Gasteiger partial charge on any atom is 0.150 e. The number of ketones is 1. The fraction of sp³-hybridized carbons (Fsp3) is 0.900. The molecule has 0 amide bonds. The Hall–Kier alpha value is 0.1000. The lowest BCUT2D eigenvalue weighted by atomic mass is 10.1. The van der Waals surface area contributed by atoms with E-state index in [-0.39, 0.29) is 17.3 Å². The molecule has 0 N–H and O–H groups in total. The second-order valence-corrected chi connectivity index (χ2v) is 6.68. The SMILES string of the molecule is CCCS(=O)(=O)CCCC(=O)CCCBr. The van der Waals surface area contributed by atoms with Crippen LogP contribution < -0.4 is 0 Å². The maximum absolute atomic E-state index is 11.3. The molecule has 90 valence electrons. The first-order valence-corrected chi connectivity index (χ1v) is 8.24. The Morgan fingerprint density at radius 2 is 1.73 bits per heavy atom. The molecule has 0 spiro atoms. The number of rotatable bonds is 9. The van der Waals surface area contributed by atoms with Crippen molar-refractivity contribution in [1.29, 1.82) is 0 Å². The van der Waals surface area contributed by atoms with Crippen molar-refractivity contribution in [3.05, 3.63) is 0 Å². The zero-order chi connectivity index (χ0) is 11.7. The lowest BCUT2D eigenvalue weighted by Crippen LogP contribution is -2.11. The fourth-order valence-electron chi connectivity index (χ4n) is 1.29. The van der Waals surface area contributed by atoms with Crippen molar-refractivity contribution >= 4 is 31.6 Å². The molecule has 0 saturated heterocycles. The van der Waals surface area contributed by atoms with E-state index in [2.05, 4.69) is 15.9 Å². The van der Waals surface area contributed by atoms with Crippen LogP contribution in [0.15, 0.2) is 0 Å². The number of halogens is 1. The topological polar surface area (TPSA) is 51.2 Å². The third-order valence-electron chi connectivity index (χ3n) is 2.02. The highest BCUT2D eigenvalue weighted by atomic mass is 79.9. The molecular weight excluding hydrogens is 280 g/mol. The van der Waals surface area contributed by atoms with Crippen molar-refractivity contribution in [3.63, 3.8) is 0 Å².